The van der Waals surface area contributed by atoms with Crippen molar-refractivity contribution in [1.82, 2.24) is 5.01 Å². The van der Waals surface area contributed by atoms with Crippen LogP contribution in [-0.4, -0.2) is 45.5 Å². The molecule has 0 bridgehead atoms. The Hall–Kier alpha value is -4.58. The Morgan fingerprint density at radius 3 is 2.52 bits per heavy atom. The number of benzene rings is 3. The fourth-order valence-electron chi connectivity index (χ4n) is 4.19. The summed E-state index contributed by atoms with van der Waals surface area (Å²) in [5.41, 5.74) is 3.46. The first-order valence-corrected chi connectivity index (χ1v) is 13.0. The maximum atomic E-state index is 14.4. The summed E-state index contributed by atoms with van der Waals surface area (Å²) in [6.45, 7) is 5.85. The van der Waals surface area contributed by atoms with E-state index in [1.165, 1.54) is 43.5 Å². The van der Waals surface area contributed by atoms with E-state index in [-0.39, 0.29) is 34.4 Å². The first-order valence-electron chi connectivity index (χ1n) is 12.2. The molecule has 10 nitrogen and oxygen atoms in total. The number of aliphatic imine (C=N–C) groups is 1. The lowest BCUT2D eigenvalue weighted by atomic mass is 10.0. The second kappa shape index (κ2) is 12.1. The van der Waals surface area contributed by atoms with Crippen LogP contribution < -0.4 is 10.1 Å². The number of amidine groups is 1. The Balaban J connectivity index is 1.61. The van der Waals surface area contributed by atoms with Crippen molar-refractivity contribution in [2.24, 2.45) is 10.1 Å². The molecule has 0 aromatic heterocycles. The molecule has 3 aromatic carbocycles. The molecule has 1 N–H and O–H groups in total. The minimum Gasteiger partial charge on any atom is -0.496 e. The number of carbonyl (C=O) groups excluding carboxylic acids is 2. The van der Waals surface area contributed by atoms with Gasteiger partial charge in [-0.2, -0.15) is 10.1 Å². The summed E-state index contributed by atoms with van der Waals surface area (Å²) in [4.78, 5) is 41.4. The molecule has 1 aliphatic rings. The zero-order chi connectivity index (χ0) is 29.0. The summed E-state index contributed by atoms with van der Waals surface area (Å²) in [5.74, 6) is -1.48. The second-order valence-electron chi connectivity index (χ2n) is 9.05. The Labute approximate surface area is 234 Å². The Morgan fingerprint density at radius 2 is 1.88 bits per heavy atom. The highest BCUT2D eigenvalue weighted by molar-refractivity contribution is 8.15. The van der Waals surface area contributed by atoms with Gasteiger partial charge in [0.25, 0.3) is 11.6 Å². The van der Waals surface area contributed by atoms with E-state index in [1.54, 1.807) is 12.3 Å². The zero-order valence-corrected chi connectivity index (χ0v) is 23.0. The summed E-state index contributed by atoms with van der Waals surface area (Å²) in [5, 5.41) is 18.6. The number of ether oxygens (including phenoxy) is 1. The van der Waals surface area contributed by atoms with Crippen molar-refractivity contribution in [3.8, 4) is 5.75 Å². The molecule has 1 atom stereocenters. The number of halogens is 1. The van der Waals surface area contributed by atoms with Gasteiger partial charge in [0.1, 0.15) is 28.2 Å². The summed E-state index contributed by atoms with van der Waals surface area (Å²) in [6, 6.07) is 13.9. The van der Waals surface area contributed by atoms with E-state index in [2.05, 4.69) is 15.4 Å². The molecule has 0 aliphatic carbocycles. The SMILES string of the molecule is COc1ccc(NC(=O)CC2SC(=Nc3ccccc3F)N(/N=C/c3c(C)cc(C)cc3C)C2=O)c([N+](=O)[O-])c1. The Bertz CT molecular complexity index is 1530. The summed E-state index contributed by atoms with van der Waals surface area (Å²) in [7, 11) is 1.37. The summed E-state index contributed by atoms with van der Waals surface area (Å²) >= 11 is 0.963. The molecule has 1 fully saturated rings. The van der Waals surface area contributed by atoms with Crippen LogP contribution in [0.4, 0.5) is 21.5 Å². The number of hydrazone groups is 1. The van der Waals surface area contributed by atoms with Gasteiger partial charge in [-0.05, 0) is 56.2 Å². The molecule has 3 aromatic rings. The quantitative estimate of drug-likeness (QED) is 0.214. The van der Waals surface area contributed by atoms with Gasteiger partial charge in [-0.3, -0.25) is 19.7 Å². The number of nitrogens with one attached hydrogen (secondary N) is 1. The minimum atomic E-state index is -0.944. The lowest BCUT2D eigenvalue weighted by Gasteiger charge is -2.12. The number of nitro benzene ring substituents is 1. The molecule has 1 heterocycles. The molecule has 4 rings (SSSR count). The Morgan fingerprint density at radius 1 is 1.18 bits per heavy atom. The molecule has 1 unspecified atom stereocenters. The van der Waals surface area contributed by atoms with Crippen molar-refractivity contribution in [3.05, 3.63) is 92.8 Å². The third kappa shape index (κ3) is 6.34. The zero-order valence-electron chi connectivity index (χ0n) is 22.2. The van der Waals surface area contributed by atoms with Crippen LogP contribution in [0.2, 0.25) is 0 Å². The molecule has 40 heavy (non-hydrogen) atoms. The average Bonchev–Trinajstić information content (AvgIpc) is 3.18. The van der Waals surface area contributed by atoms with Crippen LogP contribution in [0.5, 0.6) is 5.75 Å². The molecule has 0 spiro atoms. The van der Waals surface area contributed by atoms with E-state index in [1.807, 2.05) is 32.9 Å². The van der Waals surface area contributed by atoms with E-state index < -0.39 is 27.8 Å². The van der Waals surface area contributed by atoms with E-state index in [0.29, 0.717) is 0 Å². The van der Waals surface area contributed by atoms with Crippen LogP contribution in [0.25, 0.3) is 0 Å². The maximum Gasteiger partial charge on any atom is 0.296 e. The lowest BCUT2D eigenvalue weighted by Crippen LogP contribution is -2.30. The molecule has 2 amide bonds. The van der Waals surface area contributed by atoms with Gasteiger partial charge >= 0.3 is 0 Å². The van der Waals surface area contributed by atoms with Gasteiger partial charge in [0.2, 0.25) is 5.91 Å². The van der Waals surface area contributed by atoms with Gasteiger partial charge in [0, 0.05) is 12.0 Å². The lowest BCUT2D eigenvalue weighted by molar-refractivity contribution is -0.384. The molecular weight excluding hydrogens is 537 g/mol. The average molecular weight is 564 g/mol. The topological polar surface area (TPSA) is 126 Å². The van der Waals surface area contributed by atoms with Gasteiger partial charge < -0.3 is 10.1 Å². The van der Waals surface area contributed by atoms with Crippen LogP contribution in [0.3, 0.4) is 0 Å². The van der Waals surface area contributed by atoms with Crippen molar-refractivity contribution < 1.29 is 23.6 Å². The van der Waals surface area contributed by atoms with Gasteiger partial charge in [0.15, 0.2) is 5.17 Å². The van der Waals surface area contributed by atoms with E-state index in [4.69, 9.17) is 4.74 Å². The van der Waals surface area contributed by atoms with E-state index >= 15 is 0 Å². The third-order valence-electron chi connectivity index (χ3n) is 6.07. The number of amides is 2. The van der Waals surface area contributed by atoms with Crippen LogP contribution in [-0.2, 0) is 9.59 Å². The van der Waals surface area contributed by atoms with Crippen LogP contribution in [0.1, 0.15) is 28.7 Å². The normalized spacial score (nSPS) is 16.1. The van der Waals surface area contributed by atoms with Gasteiger partial charge in [0.05, 0.1) is 24.3 Å². The molecule has 0 saturated carbocycles. The standard InChI is InChI=1S/C28H26FN5O5S/c1-16-11-17(2)20(18(3)12-16)15-30-33-27(36)25(40-28(33)32-22-8-6-5-7-21(22)29)14-26(35)31-23-10-9-19(39-4)13-24(23)34(37)38/h5-13,15,25H,14H2,1-4H3,(H,31,35)/b30-15+,32-28?. The number of hydrogen-bond donors (Lipinski definition) is 1. The van der Waals surface area contributed by atoms with Gasteiger partial charge in [-0.25, -0.2) is 9.38 Å². The highest BCUT2D eigenvalue weighted by Gasteiger charge is 2.40. The smallest absolute Gasteiger partial charge is 0.296 e. The molecule has 1 saturated heterocycles. The molecular formula is C28H26FN5O5S. The molecule has 1 aliphatic heterocycles. The monoisotopic (exact) mass is 563 g/mol. The number of para-hydroxylation sites is 1. The number of hydrogen-bond acceptors (Lipinski definition) is 8. The number of nitro groups is 1. The fraction of sp³-hybridized carbons (Fsp3) is 0.214. The number of anilines is 1. The van der Waals surface area contributed by atoms with Gasteiger partial charge in [-0.1, -0.05) is 41.6 Å². The van der Waals surface area contributed by atoms with Gasteiger partial charge in [-0.15, -0.1) is 0 Å². The number of thioether (sulfide) groups is 1. The number of nitrogens with zero attached hydrogens (tertiary/aromatic N) is 4. The predicted molar refractivity (Wildman–Crippen MR) is 153 cm³/mol. The number of rotatable bonds is 8. The minimum absolute atomic E-state index is 0.0136. The van der Waals surface area contributed by atoms with Crippen molar-refractivity contribution in [2.45, 2.75) is 32.4 Å². The summed E-state index contributed by atoms with van der Waals surface area (Å²) in [6.07, 6.45) is 1.22. The molecule has 206 valence electrons. The van der Waals surface area contributed by atoms with Crippen molar-refractivity contribution in [2.75, 3.05) is 12.4 Å². The second-order valence-corrected chi connectivity index (χ2v) is 10.2. The number of aryl methyl sites for hydroxylation is 3. The number of methoxy groups -OCH3 is 1. The Kier molecular flexibility index (Phi) is 8.58. The molecule has 12 heteroatoms. The largest absolute Gasteiger partial charge is 0.496 e. The van der Waals surface area contributed by atoms with Crippen LogP contribution in [0.15, 0.2) is 64.7 Å². The first kappa shape index (κ1) is 28.4. The third-order valence-corrected chi connectivity index (χ3v) is 7.20. The fourth-order valence-corrected chi connectivity index (χ4v) is 5.27. The van der Waals surface area contributed by atoms with Crippen LogP contribution >= 0.6 is 11.8 Å². The number of carbonyl (C=O) groups is 2. The van der Waals surface area contributed by atoms with Crippen LogP contribution in [0, 0.1) is 36.7 Å². The predicted octanol–water partition coefficient (Wildman–Crippen LogP) is 5.66. The maximum absolute atomic E-state index is 14.4. The molecule has 0 radical (unpaired) electrons. The first-order chi connectivity index (χ1) is 19.1. The van der Waals surface area contributed by atoms with Crippen molar-refractivity contribution in [1.29, 1.82) is 0 Å². The highest BCUT2D eigenvalue weighted by atomic mass is 32.2. The summed E-state index contributed by atoms with van der Waals surface area (Å²) < 4.78 is 19.4. The van der Waals surface area contributed by atoms with Crippen molar-refractivity contribution >= 4 is 52.0 Å². The highest BCUT2D eigenvalue weighted by Crippen LogP contribution is 2.34. The van der Waals surface area contributed by atoms with E-state index in [0.717, 1.165) is 39.0 Å². The van der Waals surface area contributed by atoms with E-state index in [9.17, 15) is 24.1 Å². The van der Waals surface area contributed by atoms with Crippen molar-refractivity contribution in [3.63, 3.8) is 0 Å².